The van der Waals surface area contributed by atoms with Crippen molar-refractivity contribution in [2.24, 2.45) is 0 Å². The molecule has 15 heavy (non-hydrogen) atoms. The zero-order valence-corrected chi connectivity index (χ0v) is 9.01. The third kappa shape index (κ3) is 2.01. The van der Waals surface area contributed by atoms with E-state index >= 15 is 0 Å². The lowest BCUT2D eigenvalue weighted by Gasteiger charge is -2.08. The van der Waals surface area contributed by atoms with Crippen molar-refractivity contribution in [1.29, 1.82) is 0 Å². The van der Waals surface area contributed by atoms with Gasteiger partial charge in [0.2, 0.25) is 0 Å². The molecule has 0 aliphatic carbocycles. The second kappa shape index (κ2) is 4.43. The standard InChI is InChI=1S/C12H11O2P/c13-11-7-3-1-5-9(11)10-6-2-4-8-12(10)15-14/h1-8,13-15H. The maximum absolute atomic E-state index is 9.71. The lowest BCUT2D eigenvalue weighted by Crippen LogP contribution is -1.98. The van der Waals surface area contributed by atoms with Crippen LogP contribution in [0, 0.1) is 0 Å². The van der Waals surface area contributed by atoms with Gasteiger partial charge in [0.05, 0.1) is 0 Å². The lowest BCUT2D eigenvalue weighted by atomic mass is 10.0. The van der Waals surface area contributed by atoms with Crippen molar-refractivity contribution in [2.45, 2.75) is 0 Å². The first-order valence-corrected chi connectivity index (χ1v) is 5.55. The van der Waals surface area contributed by atoms with Gasteiger partial charge in [-0.2, -0.15) is 0 Å². The van der Waals surface area contributed by atoms with Gasteiger partial charge in [-0.05, 0) is 11.6 Å². The highest BCUT2D eigenvalue weighted by molar-refractivity contribution is 7.41. The molecule has 1 unspecified atom stereocenters. The van der Waals surface area contributed by atoms with Crippen LogP contribution >= 0.6 is 8.81 Å². The predicted molar refractivity (Wildman–Crippen MR) is 63.7 cm³/mol. The average molecular weight is 218 g/mol. The second-order valence-electron chi connectivity index (χ2n) is 3.17. The van der Waals surface area contributed by atoms with E-state index in [1.165, 1.54) is 0 Å². The molecular weight excluding hydrogens is 207 g/mol. The largest absolute Gasteiger partial charge is 0.507 e. The summed E-state index contributed by atoms with van der Waals surface area (Å²) in [6.45, 7) is 0. The van der Waals surface area contributed by atoms with E-state index in [9.17, 15) is 10.00 Å². The Hall–Kier alpha value is -1.37. The normalized spacial score (nSPS) is 11.0. The number of hydrogen-bond donors (Lipinski definition) is 2. The van der Waals surface area contributed by atoms with Crippen LogP contribution in [-0.4, -0.2) is 10.00 Å². The van der Waals surface area contributed by atoms with Crippen molar-refractivity contribution in [3.05, 3.63) is 48.5 Å². The molecule has 2 nitrogen and oxygen atoms in total. The Morgan fingerprint density at radius 2 is 1.40 bits per heavy atom. The molecule has 0 heterocycles. The van der Waals surface area contributed by atoms with Crippen molar-refractivity contribution < 1.29 is 10.00 Å². The molecule has 0 aliphatic rings. The van der Waals surface area contributed by atoms with E-state index in [1.54, 1.807) is 12.1 Å². The summed E-state index contributed by atoms with van der Waals surface area (Å²) in [6.07, 6.45) is 0. The molecule has 0 aromatic heterocycles. The van der Waals surface area contributed by atoms with Gasteiger partial charge >= 0.3 is 0 Å². The number of aromatic hydroxyl groups is 1. The SMILES string of the molecule is OPc1ccccc1-c1ccccc1O. The Morgan fingerprint density at radius 3 is 2.07 bits per heavy atom. The molecule has 0 aliphatic heterocycles. The second-order valence-corrected chi connectivity index (χ2v) is 3.94. The van der Waals surface area contributed by atoms with E-state index in [1.807, 2.05) is 36.4 Å². The number of rotatable bonds is 2. The van der Waals surface area contributed by atoms with Gasteiger partial charge in [0.1, 0.15) is 5.75 Å². The summed E-state index contributed by atoms with van der Waals surface area (Å²) in [5.74, 6) is 0.239. The first-order chi connectivity index (χ1) is 7.33. The Bertz CT molecular complexity index is 469. The fourth-order valence-electron chi connectivity index (χ4n) is 1.52. The van der Waals surface area contributed by atoms with Crippen molar-refractivity contribution in [1.82, 2.24) is 0 Å². The van der Waals surface area contributed by atoms with E-state index in [0.29, 0.717) is 0 Å². The molecule has 2 aromatic rings. The van der Waals surface area contributed by atoms with Crippen LogP contribution in [0.25, 0.3) is 11.1 Å². The van der Waals surface area contributed by atoms with Gasteiger partial charge in [0, 0.05) is 19.7 Å². The molecule has 76 valence electrons. The highest BCUT2D eigenvalue weighted by Gasteiger charge is 2.06. The highest BCUT2D eigenvalue weighted by atomic mass is 31.1. The quantitative estimate of drug-likeness (QED) is 0.759. The molecule has 0 amide bonds. The fourth-order valence-corrected chi connectivity index (χ4v) is 2.03. The molecule has 0 saturated carbocycles. The van der Waals surface area contributed by atoms with Crippen LogP contribution in [0.2, 0.25) is 0 Å². The van der Waals surface area contributed by atoms with Crippen molar-refractivity contribution in [3.8, 4) is 16.9 Å². The molecule has 0 radical (unpaired) electrons. The van der Waals surface area contributed by atoms with Gasteiger partial charge in [0.25, 0.3) is 0 Å². The van der Waals surface area contributed by atoms with E-state index in [-0.39, 0.29) is 14.6 Å². The molecule has 2 N–H and O–H groups in total. The van der Waals surface area contributed by atoms with Gasteiger partial charge in [-0.25, -0.2) is 0 Å². The van der Waals surface area contributed by atoms with Gasteiger partial charge in [0.15, 0.2) is 0 Å². The monoisotopic (exact) mass is 218 g/mol. The number of phenolic OH excluding ortho intramolecular Hbond substituents is 1. The minimum Gasteiger partial charge on any atom is -0.507 e. The Labute approximate surface area is 90.1 Å². The van der Waals surface area contributed by atoms with Crippen LogP contribution in [0.1, 0.15) is 0 Å². The van der Waals surface area contributed by atoms with Gasteiger partial charge in [-0.15, -0.1) is 0 Å². The summed E-state index contributed by atoms with van der Waals surface area (Å²) < 4.78 is 0. The zero-order valence-electron chi connectivity index (χ0n) is 8.01. The summed E-state index contributed by atoms with van der Waals surface area (Å²) in [5.41, 5.74) is 1.64. The van der Waals surface area contributed by atoms with Gasteiger partial charge < -0.3 is 10.00 Å². The minimum atomic E-state index is -0.260. The summed E-state index contributed by atoms with van der Waals surface area (Å²) >= 11 is 0. The van der Waals surface area contributed by atoms with Gasteiger partial charge in [-0.3, -0.25) is 0 Å². The maximum atomic E-state index is 9.71. The fraction of sp³-hybridized carbons (Fsp3) is 0. The molecular formula is C12H11O2P. The smallest absolute Gasteiger partial charge is 0.123 e. The van der Waals surface area contributed by atoms with Crippen LogP contribution in [0.5, 0.6) is 5.75 Å². The molecule has 0 fully saturated rings. The number of benzene rings is 2. The summed E-state index contributed by atoms with van der Waals surface area (Å²) in [7, 11) is -0.260. The van der Waals surface area contributed by atoms with E-state index in [2.05, 4.69) is 0 Å². The number of hydrogen-bond acceptors (Lipinski definition) is 2. The molecule has 3 heteroatoms. The number of phenols is 1. The first-order valence-electron chi connectivity index (χ1n) is 4.60. The molecule has 0 spiro atoms. The first kappa shape index (κ1) is 10.2. The zero-order chi connectivity index (χ0) is 10.7. The molecule has 0 saturated heterocycles. The Balaban J connectivity index is 2.59. The lowest BCUT2D eigenvalue weighted by molar-refractivity contribution is 0.477. The molecule has 2 rings (SSSR count). The predicted octanol–water partition coefficient (Wildman–Crippen LogP) is 2.27. The van der Waals surface area contributed by atoms with Crippen LogP contribution in [0.3, 0.4) is 0 Å². The summed E-state index contributed by atoms with van der Waals surface area (Å²) in [6, 6.07) is 14.7. The van der Waals surface area contributed by atoms with Crippen molar-refractivity contribution in [2.75, 3.05) is 0 Å². The average Bonchev–Trinajstić information content (AvgIpc) is 2.30. The number of para-hydroxylation sites is 1. The molecule has 0 bridgehead atoms. The van der Waals surface area contributed by atoms with Crippen LogP contribution in [0.15, 0.2) is 48.5 Å². The van der Waals surface area contributed by atoms with Gasteiger partial charge in [-0.1, -0.05) is 42.5 Å². The van der Waals surface area contributed by atoms with Crippen LogP contribution in [0.4, 0.5) is 0 Å². The van der Waals surface area contributed by atoms with Crippen LogP contribution < -0.4 is 5.30 Å². The molecule has 2 aromatic carbocycles. The maximum Gasteiger partial charge on any atom is 0.123 e. The Morgan fingerprint density at radius 1 is 0.800 bits per heavy atom. The minimum absolute atomic E-state index is 0.239. The van der Waals surface area contributed by atoms with Crippen molar-refractivity contribution >= 4 is 14.1 Å². The third-order valence-corrected chi connectivity index (χ3v) is 2.92. The Kier molecular flexibility index (Phi) is 3.00. The topological polar surface area (TPSA) is 40.5 Å². The van der Waals surface area contributed by atoms with E-state index in [4.69, 9.17) is 0 Å². The third-order valence-electron chi connectivity index (χ3n) is 2.24. The summed E-state index contributed by atoms with van der Waals surface area (Å²) in [4.78, 5) is 9.22. The summed E-state index contributed by atoms with van der Waals surface area (Å²) in [5, 5.41) is 10.6. The highest BCUT2D eigenvalue weighted by Crippen LogP contribution is 2.29. The molecule has 1 atom stereocenters. The van der Waals surface area contributed by atoms with E-state index in [0.717, 1.165) is 16.4 Å². The van der Waals surface area contributed by atoms with E-state index < -0.39 is 0 Å². The van der Waals surface area contributed by atoms with Crippen LogP contribution in [-0.2, 0) is 0 Å². The van der Waals surface area contributed by atoms with Crippen molar-refractivity contribution in [3.63, 3.8) is 0 Å².